The molecule has 9 heteroatoms. The van der Waals surface area contributed by atoms with Gasteiger partial charge < -0.3 is 33.3 Å². The van der Waals surface area contributed by atoms with Crippen molar-refractivity contribution in [3.8, 4) is 34.5 Å². The van der Waals surface area contributed by atoms with E-state index in [0.29, 0.717) is 60.4 Å². The van der Waals surface area contributed by atoms with Gasteiger partial charge in [0.1, 0.15) is 0 Å². The van der Waals surface area contributed by atoms with Crippen LogP contribution in [0.4, 0.5) is 0 Å². The van der Waals surface area contributed by atoms with Crippen LogP contribution in [0.3, 0.4) is 0 Å². The topological polar surface area (TPSA) is 78.9 Å². The monoisotopic (exact) mass is 512 g/mol. The predicted molar refractivity (Wildman–Crippen MR) is 140 cm³/mol. The second-order valence-electron chi connectivity index (χ2n) is 8.98. The molecule has 2 aliphatic rings. The van der Waals surface area contributed by atoms with Crippen molar-refractivity contribution < 1.29 is 33.2 Å². The van der Waals surface area contributed by atoms with E-state index < -0.39 is 0 Å². The lowest BCUT2D eigenvalue weighted by Crippen LogP contribution is -2.48. The number of amides is 1. The molecule has 37 heavy (non-hydrogen) atoms. The fourth-order valence-electron chi connectivity index (χ4n) is 5.11. The van der Waals surface area contributed by atoms with Crippen molar-refractivity contribution in [2.24, 2.45) is 0 Å². The number of methoxy groups -OCH3 is 6. The fourth-order valence-corrected chi connectivity index (χ4v) is 5.11. The molecule has 0 saturated carbocycles. The van der Waals surface area contributed by atoms with Gasteiger partial charge in [-0.1, -0.05) is 0 Å². The summed E-state index contributed by atoms with van der Waals surface area (Å²) in [5.74, 6) is 3.78. The van der Waals surface area contributed by atoms with Crippen LogP contribution in [-0.2, 0) is 17.8 Å². The molecule has 0 atom stereocenters. The molecule has 2 aromatic carbocycles. The zero-order valence-electron chi connectivity index (χ0n) is 22.5. The van der Waals surface area contributed by atoms with Crippen LogP contribution >= 0.6 is 0 Å². The molecular weight excluding hydrogens is 476 g/mol. The molecule has 0 bridgehead atoms. The summed E-state index contributed by atoms with van der Waals surface area (Å²) >= 11 is 0. The number of nitrogens with zero attached hydrogens (tertiary/aromatic N) is 2. The Hall–Kier alpha value is -3.59. The Morgan fingerprint density at radius 1 is 0.703 bits per heavy atom. The summed E-state index contributed by atoms with van der Waals surface area (Å²) in [6.45, 7) is 3.64. The van der Waals surface area contributed by atoms with E-state index in [1.807, 2.05) is 29.2 Å². The van der Waals surface area contributed by atoms with Crippen LogP contribution in [0.1, 0.15) is 23.1 Å². The first-order chi connectivity index (χ1) is 18.0. The molecule has 0 radical (unpaired) electrons. The molecule has 1 fully saturated rings. The van der Waals surface area contributed by atoms with Crippen LogP contribution in [0, 0.1) is 0 Å². The van der Waals surface area contributed by atoms with Gasteiger partial charge in [0.25, 0.3) is 0 Å². The van der Waals surface area contributed by atoms with Gasteiger partial charge in [0.15, 0.2) is 23.0 Å². The lowest BCUT2D eigenvalue weighted by atomic mass is 9.90. The minimum absolute atomic E-state index is 0.0897. The van der Waals surface area contributed by atoms with E-state index in [9.17, 15) is 4.79 Å². The standard InChI is InChI=1S/C28H36N2O7/c1-32-22-13-18(14-23(33-2)26(22)36-5)17-29-9-11-30(12-10-29)28(31)19-7-8-21-20(15-19)16-24(34-3)27(37-6)25(21)35-4/h13-16H,7-12,17H2,1-6H3. The molecule has 1 amide bonds. The summed E-state index contributed by atoms with van der Waals surface area (Å²) in [5, 5.41) is 0. The van der Waals surface area contributed by atoms with Crippen LogP contribution < -0.4 is 28.4 Å². The lowest BCUT2D eigenvalue weighted by molar-refractivity contribution is -0.129. The molecule has 0 N–H and O–H groups in total. The fraction of sp³-hybridized carbons (Fsp3) is 0.464. The molecule has 0 spiro atoms. The third-order valence-electron chi connectivity index (χ3n) is 7.01. The van der Waals surface area contributed by atoms with Crippen molar-refractivity contribution in [3.05, 3.63) is 40.5 Å². The summed E-state index contributed by atoms with van der Waals surface area (Å²) in [6.07, 6.45) is 3.33. The summed E-state index contributed by atoms with van der Waals surface area (Å²) in [7, 11) is 9.65. The molecule has 0 unspecified atom stereocenters. The van der Waals surface area contributed by atoms with Crippen molar-refractivity contribution in [1.82, 2.24) is 9.80 Å². The molecule has 200 valence electrons. The summed E-state index contributed by atoms with van der Waals surface area (Å²) < 4.78 is 33.0. The van der Waals surface area contributed by atoms with E-state index in [1.165, 1.54) is 0 Å². The molecule has 1 aliphatic heterocycles. The van der Waals surface area contributed by atoms with Gasteiger partial charge in [0.2, 0.25) is 17.4 Å². The third kappa shape index (κ3) is 5.27. The van der Waals surface area contributed by atoms with Crippen molar-refractivity contribution in [2.75, 3.05) is 68.8 Å². The lowest BCUT2D eigenvalue weighted by Gasteiger charge is -2.35. The van der Waals surface area contributed by atoms with Crippen molar-refractivity contribution in [2.45, 2.75) is 19.4 Å². The number of hydrogen-bond acceptors (Lipinski definition) is 8. The van der Waals surface area contributed by atoms with E-state index in [2.05, 4.69) is 4.90 Å². The number of benzene rings is 2. The molecule has 1 aliphatic carbocycles. The number of piperazine rings is 1. The number of hydrogen-bond donors (Lipinski definition) is 0. The number of rotatable bonds is 9. The van der Waals surface area contributed by atoms with Gasteiger partial charge in [-0.25, -0.2) is 0 Å². The number of fused-ring (bicyclic) bond motifs is 1. The maximum absolute atomic E-state index is 13.4. The van der Waals surface area contributed by atoms with Crippen LogP contribution in [0.2, 0.25) is 0 Å². The number of carbonyl (C=O) groups excluding carboxylic acids is 1. The van der Waals surface area contributed by atoms with E-state index in [1.54, 1.807) is 42.7 Å². The first-order valence-electron chi connectivity index (χ1n) is 12.3. The molecule has 9 nitrogen and oxygen atoms in total. The van der Waals surface area contributed by atoms with Crippen molar-refractivity contribution >= 4 is 12.0 Å². The second-order valence-corrected chi connectivity index (χ2v) is 8.98. The third-order valence-corrected chi connectivity index (χ3v) is 7.01. The molecule has 2 aromatic rings. The summed E-state index contributed by atoms with van der Waals surface area (Å²) in [4.78, 5) is 17.7. The van der Waals surface area contributed by atoms with E-state index in [4.69, 9.17) is 28.4 Å². The van der Waals surface area contributed by atoms with Crippen LogP contribution in [0.15, 0.2) is 23.8 Å². The highest BCUT2D eigenvalue weighted by molar-refractivity contribution is 5.99. The molecule has 0 aromatic heterocycles. The Morgan fingerprint density at radius 3 is 1.81 bits per heavy atom. The van der Waals surface area contributed by atoms with E-state index in [-0.39, 0.29) is 5.91 Å². The quantitative estimate of drug-likeness (QED) is 0.506. The average molecular weight is 513 g/mol. The minimum Gasteiger partial charge on any atom is -0.493 e. The van der Waals surface area contributed by atoms with E-state index >= 15 is 0 Å². The highest BCUT2D eigenvalue weighted by Gasteiger charge is 2.28. The molecule has 4 rings (SSSR count). The van der Waals surface area contributed by atoms with Gasteiger partial charge in [-0.05, 0) is 48.2 Å². The predicted octanol–water partition coefficient (Wildman–Crippen LogP) is 3.41. The maximum Gasteiger partial charge on any atom is 0.249 e. The van der Waals surface area contributed by atoms with Crippen LogP contribution in [-0.4, -0.2) is 84.5 Å². The summed E-state index contributed by atoms with van der Waals surface area (Å²) in [6, 6.07) is 5.86. The zero-order chi connectivity index (χ0) is 26.5. The van der Waals surface area contributed by atoms with Gasteiger partial charge in [-0.3, -0.25) is 9.69 Å². The largest absolute Gasteiger partial charge is 0.493 e. The Bertz CT molecular complexity index is 1140. The smallest absolute Gasteiger partial charge is 0.249 e. The summed E-state index contributed by atoms with van der Waals surface area (Å²) in [5.41, 5.74) is 3.84. The van der Waals surface area contributed by atoms with Gasteiger partial charge in [0, 0.05) is 43.9 Å². The van der Waals surface area contributed by atoms with Gasteiger partial charge >= 0.3 is 0 Å². The molecule has 1 heterocycles. The Labute approximate surface area is 218 Å². The normalized spacial score (nSPS) is 15.4. The molecular formula is C28H36N2O7. The number of ether oxygens (including phenoxy) is 6. The SMILES string of the molecule is COc1cc(CN2CCN(C(=O)C3=Cc4cc(OC)c(OC)c(OC)c4CC3)CC2)cc(OC)c1OC. The van der Waals surface area contributed by atoms with Crippen LogP contribution in [0.25, 0.3) is 6.08 Å². The Kier molecular flexibility index (Phi) is 8.33. The Morgan fingerprint density at radius 2 is 1.27 bits per heavy atom. The number of carbonyl (C=O) groups is 1. The van der Waals surface area contributed by atoms with Crippen molar-refractivity contribution in [1.29, 1.82) is 0 Å². The Balaban J connectivity index is 1.44. The minimum atomic E-state index is 0.0897. The van der Waals surface area contributed by atoms with Crippen molar-refractivity contribution in [3.63, 3.8) is 0 Å². The van der Waals surface area contributed by atoms with Gasteiger partial charge in [-0.2, -0.15) is 0 Å². The van der Waals surface area contributed by atoms with Crippen LogP contribution in [0.5, 0.6) is 34.5 Å². The first-order valence-corrected chi connectivity index (χ1v) is 12.3. The zero-order valence-corrected chi connectivity index (χ0v) is 22.5. The highest BCUT2D eigenvalue weighted by atomic mass is 16.5. The maximum atomic E-state index is 13.4. The highest BCUT2D eigenvalue weighted by Crippen LogP contribution is 2.45. The second kappa shape index (κ2) is 11.6. The first kappa shape index (κ1) is 26.5. The van der Waals surface area contributed by atoms with Gasteiger partial charge in [0.05, 0.1) is 42.7 Å². The molecule has 1 saturated heterocycles. The average Bonchev–Trinajstić information content (AvgIpc) is 2.94. The van der Waals surface area contributed by atoms with Gasteiger partial charge in [-0.15, -0.1) is 0 Å². The van der Waals surface area contributed by atoms with E-state index in [0.717, 1.165) is 41.9 Å².